The minimum atomic E-state index is -0.566. The minimum absolute atomic E-state index is 0.173. The number of amides is 2. The molecule has 0 unspecified atom stereocenters. The van der Waals surface area contributed by atoms with Crippen LogP contribution in [0.15, 0.2) is 46.8 Å². The molecule has 0 fully saturated rings. The zero-order valence-electron chi connectivity index (χ0n) is 15.8. The molecule has 2 amide bonds. The van der Waals surface area contributed by atoms with Gasteiger partial charge in [0.05, 0.1) is 16.1 Å². The third-order valence-electron chi connectivity index (χ3n) is 3.97. The van der Waals surface area contributed by atoms with Gasteiger partial charge in [-0.3, -0.25) is 9.59 Å². The van der Waals surface area contributed by atoms with Gasteiger partial charge in [0, 0.05) is 11.9 Å². The van der Waals surface area contributed by atoms with Crippen LogP contribution in [0.2, 0.25) is 0 Å². The zero-order valence-corrected chi connectivity index (χ0v) is 17.4. The van der Waals surface area contributed by atoms with Crippen LogP contribution in [-0.2, 0) is 9.59 Å². The highest BCUT2D eigenvalue weighted by Gasteiger charge is 2.16. The maximum absolute atomic E-state index is 12.3. The van der Waals surface area contributed by atoms with E-state index >= 15 is 0 Å². The van der Waals surface area contributed by atoms with Crippen molar-refractivity contribution in [2.24, 2.45) is 0 Å². The molecule has 2 N–H and O–H groups in total. The van der Waals surface area contributed by atoms with Gasteiger partial charge < -0.3 is 10.6 Å². The summed E-state index contributed by atoms with van der Waals surface area (Å²) in [6, 6.07) is 11.1. The summed E-state index contributed by atoms with van der Waals surface area (Å²) in [6.45, 7) is 4.27. The van der Waals surface area contributed by atoms with Gasteiger partial charge in [0.1, 0.15) is 11.1 Å². The summed E-state index contributed by atoms with van der Waals surface area (Å²) < 4.78 is 0. The van der Waals surface area contributed by atoms with E-state index < -0.39 is 6.04 Å². The first-order chi connectivity index (χ1) is 13.6. The Morgan fingerprint density at radius 2 is 2.00 bits per heavy atom. The van der Waals surface area contributed by atoms with Crippen molar-refractivity contribution in [3.8, 4) is 10.7 Å². The van der Waals surface area contributed by atoms with Gasteiger partial charge in [-0.15, -0.1) is 11.3 Å². The highest BCUT2D eigenvalue weighted by Crippen LogP contribution is 2.29. The topological polar surface area (TPSA) is 84.0 Å². The lowest BCUT2D eigenvalue weighted by Gasteiger charge is -2.14. The van der Waals surface area contributed by atoms with Crippen molar-refractivity contribution in [3.05, 3.63) is 41.8 Å². The largest absolute Gasteiger partial charge is 0.354 e. The molecule has 0 aliphatic rings. The van der Waals surface area contributed by atoms with Crippen molar-refractivity contribution < 1.29 is 9.59 Å². The molecular formula is C20H22N4O2S2. The molecule has 8 heteroatoms. The molecule has 28 heavy (non-hydrogen) atoms. The third kappa shape index (κ3) is 5.08. The van der Waals surface area contributed by atoms with Gasteiger partial charge in [0.25, 0.3) is 0 Å². The Balaban J connectivity index is 1.71. The number of para-hydroxylation sites is 1. The molecule has 3 aromatic rings. The number of carbonyl (C=O) groups excluding carboxylic acids is 2. The Bertz CT molecular complexity index is 960. The van der Waals surface area contributed by atoms with Crippen molar-refractivity contribution in [3.63, 3.8) is 0 Å². The first-order valence-corrected chi connectivity index (χ1v) is 11.0. The number of fused-ring (bicyclic) bond motifs is 1. The number of aromatic nitrogens is 2. The first-order valence-electron chi connectivity index (χ1n) is 9.09. The standard InChI is InChI=1S/C20H22N4O2S2/c1-3-10-21-19(26)13(2)22-17(25)12-28-20-14-7-4-5-8-15(14)23-18(24-20)16-9-6-11-27-16/h4-9,11,13H,3,10,12H2,1-2H3,(H,21,26)(H,22,25)/t13-/m0/s1. The van der Waals surface area contributed by atoms with Crippen LogP contribution in [0.4, 0.5) is 0 Å². The lowest BCUT2D eigenvalue weighted by atomic mass is 10.2. The molecule has 0 spiro atoms. The van der Waals surface area contributed by atoms with E-state index in [-0.39, 0.29) is 17.6 Å². The Morgan fingerprint density at radius 3 is 2.75 bits per heavy atom. The number of thiophene rings is 1. The van der Waals surface area contributed by atoms with Crippen LogP contribution >= 0.6 is 23.1 Å². The molecule has 0 radical (unpaired) electrons. The first kappa shape index (κ1) is 20.3. The molecule has 0 aliphatic heterocycles. The van der Waals surface area contributed by atoms with Crippen molar-refractivity contribution >= 4 is 45.8 Å². The fraction of sp³-hybridized carbons (Fsp3) is 0.300. The second-order valence-electron chi connectivity index (χ2n) is 6.22. The number of rotatable bonds is 8. The summed E-state index contributed by atoms with van der Waals surface area (Å²) in [7, 11) is 0. The summed E-state index contributed by atoms with van der Waals surface area (Å²) in [6.07, 6.45) is 0.857. The SMILES string of the molecule is CCCNC(=O)[C@H](C)NC(=O)CSc1nc(-c2cccs2)nc2ccccc12. The quantitative estimate of drug-likeness (QED) is 0.435. The van der Waals surface area contributed by atoms with Crippen molar-refractivity contribution in [2.75, 3.05) is 12.3 Å². The highest BCUT2D eigenvalue weighted by molar-refractivity contribution is 8.00. The molecule has 146 valence electrons. The summed E-state index contributed by atoms with van der Waals surface area (Å²) in [5.41, 5.74) is 0.844. The van der Waals surface area contributed by atoms with Gasteiger partial charge in [-0.2, -0.15) is 0 Å². The second-order valence-corrected chi connectivity index (χ2v) is 8.13. The fourth-order valence-corrected chi connectivity index (χ4v) is 4.05. The monoisotopic (exact) mass is 414 g/mol. The Hall–Kier alpha value is -2.45. The Kier molecular flexibility index (Phi) is 7.00. The molecule has 0 saturated heterocycles. The van der Waals surface area contributed by atoms with Crippen molar-refractivity contribution in [2.45, 2.75) is 31.3 Å². The van der Waals surface area contributed by atoms with E-state index in [1.165, 1.54) is 11.8 Å². The molecule has 0 bridgehead atoms. The molecule has 2 heterocycles. The van der Waals surface area contributed by atoms with Gasteiger partial charge in [0.2, 0.25) is 11.8 Å². The minimum Gasteiger partial charge on any atom is -0.354 e. The van der Waals surface area contributed by atoms with Gasteiger partial charge in [0.15, 0.2) is 5.82 Å². The van der Waals surface area contributed by atoms with Crippen LogP contribution in [0.1, 0.15) is 20.3 Å². The number of benzene rings is 1. The molecule has 0 saturated carbocycles. The van der Waals surface area contributed by atoms with Gasteiger partial charge in [-0.25, -0.2) is 9.97 Å². The number of hydrogen-bond acceptors (Lipinski definition) is 6. The van der Waals surface area contributed by atoms with Crippen LogP contribution in [0.25, 0.3) is 21.6 Å². The van der Waals surface area contributed by atoms with E-state index in [4.69, 9.17) is 0 Å². The van der Waals surface area contributed by atoms with Crippen LogP contribution in [0.5, 0.6) is 0 Å². The summed E-state index contributed by atoms with van der Waals surface area (Å²) in [5, 5.41) is 9.17. The third-order valence-corrected chi connectivity index (χ3v) is 5.83. The zero-order chi connectivity index (χ0) is 19.9. The maximum Gasteiger partial charge on any atom is 0.242 e. The van der Waals surface area contributed by atoms with Crippen molar-refractivity contribution in [1.82, 2.24) is 20.6 Å². The second kappa shape index (κ2) is 9.66. The smallest absolute Gasteiger partial charge is 0.242 e. The molecule has 1 atom stereocenters. The van der Waals surface area contributed by atoms with Crippen LogP contribution < -0.4 is 10.6 Å². The number of thioether (sulfide) groups is 1. The van der Waals surface area contributed by atoms with Gasteiger partial charge >= 0.3 is 0 Å². The lowest BCUT2D eigenvalue weighted by Crippen LogP contribution is -2.45. The number of nitrogens with zero attached hydrogens (tertiary/aromatic N) is 2. The van der Waals surface area contributed by atoms with E-state index in [9.17, 15) is 9.59 Å². The summed E-state index contributed by atoms with van der Waals surface area (Å²) in [4.78, 5) is 34.5. The molecular weight excluding hydrogens is 392 g/mol. The van der Waals surface area contributed by atoms with E-state index in [1.807, 2.05) is 48.7 Å². The van der Waals surface area contributed by atoms with Crippen LogP contribution in [0, 0.1) is 0 Å². The number of hydrogen-bond donors (Lipinski definition) is 2. The average Bonchev–Trinajstić information content (AvgIpc) is 3.24. The molecule has 0 aliphatic carbocycles. The maximum atomic E-state index is 12.3. The Morgan fingerprint density at radius 1 is 1.18 bits per heavy atom. The number of carbonyl (C=O) groups is 2. The fourth-order valence-electron chi connectivity index (χ4n) is 2.56. The predicted molar refractivity (Wildman–Crippen MR) is 114 cm³/mol. The molecule has 1 aromatic carbocycles. The Labute approximate surface area is 172 Å². The van der Waals surface area contributed by atoms with Gasteiger partial charge in [-0.05, 0) is 30.9 Å². The predicted octanol–water partition coefficient (Wildman–Crippen LogP) is 3.48. The number of nitrogens with one attached hydrogen (secondary N) is 2. The summed E-state index contributed by atoms with van der Waals surface area (Å²) >= 11 is 2.93. The van der Waals surface area contributed by atoms with E-state index in [0.29, 0.717) is 12.4 Å². The molecule has 3 rings (SSSR count). The average molecular weight is 415 g/mol. The normalized spacial score (nSPS) is 11.9. The van der Waals surface area contributed by atoms with Gasteiger partial charge in [-0.1, -0.05) is 43.0 Å². The molecule has 6 nitrogen and oxygen atoms in total. The van der Waals surface area contributed by atoms with E-state index in [1.54, 1.807) is 18.3 Å². The lowest BCUT2D eigenvalue weighted by molar-refractivity contribution is -0.127. The molecule has 2 aromatic heterocycles. The summed E-state index contributed by atoms with van der Waals surface area (Å²) in [5.74, 6) is 0.456. The van der Waals surface area contributed by atoms with Crippen LogP contribution in [0.3, 0.4) is 0 Å². The highest BCUT2D eigenvalue weighted by atomic mass is 32.2. The van der Waals surface area contributed by atoms with E-state index in [2.05, 4.69) is 20.6 Å². The van der Waals surface area contributed by atoms with Crippen molar-refractivity contribution in [1.29, 1.82) is 0 Å². The van der Waals surface area contributed by atoms with E-state index in [0.717, 1.165) is 27.2 Å². The van der Waals surface area contributed by atoms with Crippen LogP contribution in [-0.4, -0.2) is 40.1 Å².